The summed E-state index contributed by atoms with van der Waals surface area (Å²) in [6.07, 6.45) is 1.07. The molecule has 0 spiro atoms. The summed E-state index contributed by atoms with van der Waals surface area (Å²) in [5.74, 6) is 0.0775. The molecule has 2 aliphatic rings. The van der Waals surface area contributed by atoms with Gasteiger partial charge in [0.25, 0.3) is 10.0 Å². The minimum absolute atomic E-state index is 0.0407. The smallest absolute Gasteiger partial charge is 0.264 e. The third-order valence-electron chi connectivity index (χ3n) is 6.08. The average Bonchev–Trinajstić information content (AvgIpc) is 3.52. The van der Waals surface area contributed by atoms with Crippen molar-refractivity contribution < 1.29 is 22.7 Å². The van der Waals surface area contributed by atoms with E-state index in [1.54, 1.807) is 24.3 Å². The molecule has 1 aliphatic heterocycles. The molecule has 7 nitrogen and oxygen atoms in total. The molecule has 0 radical (unpaired) electrons. The van der Waals surface area contributed by atoms with Crippen molar-refractivity contribution in [3.8, 4) is 5.75 Å². The summed E-state index contributed by atoms with van der Waals surface area (Å²) in [4.78, 5) is 17.8. The Kier molecular flexibility index (Phi) is 4.94. The minimum Gasteiger partial charge on any atom is -0.485 e. The molecular formula is C24H24N2O5S. The summed E-state index contributed by atoms with van der Waals surface area (Å²) < 4.78 is 40.0. The Morgan fingerprint density at radius 2 is 1.91 bits per heavy atom. The van der Waals surface area contributed by atoms with E-state index in [-0.39, 0.29) is 11.0 Å². The first-order valence-electron chi connectivity index (χ1n) is 10.6. The summed E-state index contributed by atoms with van der Waals surface area (Å²) in [5.41, 5.74) is 2.15. The topological polar surface area (TPSA) is 94.6 Å². The number of pyridine rings is 1. The Hall–Kier alpha value is -2.97. The van der Waals surface area contributed by atoms with Crippen LogP contribution in [0.15, 0.2) is 53.4 Å². The predicted molar refractivity (Wildman–Crippen MR) is 119 cm³/mol. The molecule has 2 fully saturated rings. The van der Waals surface area contributed by atoms with Crippen LogP contribution in [0.1, 0.15) is 29.7 Å². The van der Waals surface area contributed by atoms with Gasteiger partial charge in [0.05, 0.1) is 29.0 Å². The number of benzene rings is 2. The van der Waals surface area contributed by atoms with Gasteiger partial charge >= 0.3 is 0 Å². The molecule has 3 aromatic rings. The zero-order valence-electron chi connectivity index (χ0n) is 17.9. The lowest BCUT2D eigenvalue weighted by molar-refractivity contribution is -0.121. The maximum atomic E-state index is 13.4. The monoisotopic (exact) mass is 452 g/mol. The molecule has 1 aliphatic carbocycles. The van der Waals surface area contributed by atoms with E-state index in [0.29, 0.717) is 42.7 Å². The first-order valence-corrected chi connectivity index (χ1v) is 12.1. The van der Waals surface area contributed by atoms with Gasteiger partial charge in [-0.25, -0.2) is 13.1 Å². The molecule has 0 bridgehead atoms. The van der Waals surface area contributed by atoms with Crippen molar-refractivity contribution in [1.82, 2.24) is 9.71 Å². The fraction of sp³-hybridized carbons (Fsp3) is 0.333. The lowest BCUT2D eigenvalue weighted by atomic mass is 9.93. The number of nitrogens with one attached hydrogen (secondary N) is 1. The first kappa shape index (κ1) is 20.9. The Morgan fingerprint density at radius 1 is 1.12 bits per heavy atom. The molecule has 0 unspecified atom stereocenters. The van der Waals surface area contributed by atoms with Crippen LogP contribution in [0.25, 0.3) is 10.9 Å². The SMILES string of the molecule is Cc1ccc(OC2COC2)c(C2(C(=O)NS(=O)(=O)c3cccc4nc(C)ccc34)CC2)c1. The van der Waals surface area contributed by atoms with Crippen LogP contribution in [0.5, 0.6) is 5.75 Å². The Bertz CT molecular complexity index is 1330. The van der Waals surface area contributed by atoms with E-state index in [1.807, 2.05) is 32.0 Å². The molecule has 1 saturated heterocycles. The van der Waals surface area contributed by atoms with Crippen molar-refractivity contribution in [2.24, 2.45) is 0 Å². The molecule has 5 rings (SSSR count). The zero-order chi connectivity index (χ0) is 22.5. The van der Waals surface area contributed by atoms with Gasteiger partial charge in [0.1, 0.15) is 11.9 Å². The van der Waals surface area contributed by atoms with Crippen LogP contribution in [0.2, 0.25) is 0 Å². The van der Waals surface area contributed by atoms with Crippen molar-refractivity contribution >= 4 is 26.8 Å². The quantitative estimate of drug-likeness (QED) is 0.617. The van der Waals surface area contributed by atoms with Crippen LogP contribution in [-0.4, -0.2) is 38.6 Å². The minimum atomic E-state index is -4.09. The van der Waals surface area contributed by atoms with Gasteiger partial charge in [-0.3, -0.25) is 9.78 Å². The number of carbonyl (C=O) groups excluding carboxylic acids is 1. The Balaban J connectivity index is 1.47. The summed E-state index contributed by atoms with van der Waals surface area (Å²) >= 11 is 0. The highest BCUT2D eigenvalue weighted by molar-refractivity contribution is 7.90. The second kappa shape index (κ2) is 7.56. The van der Waals surface area contributed by atoms with Crippen molar-refractivity contribution in [2.75, 3.05) is 13.2 Å². The van der Waals surface area contributed by atoms with Crippen LogP contribution >= 0.6 is 0 Å². The number of amides is 1. The van der Waals surface area contributed by atoms with Crippen molar-refractivity contribution in [2.45, 2.75) is 43.1 Å². The van der Waals surface area contributed by atoms with E-state index in [2.05, 4.69) is 9.71 Å². The number of hydrogen-bond donors (Lipinski definition) is 1. The maximum absolute atomic E-state index is 13.4. The lowest BCUT2D eigenvalue weighted by Gasteiger charge is -2.29. The largest absolute Gasteiger partial charge is 0.485 e. The van der Waals surface area contributed by atoms with Crippen LogP contribution in [0.3, 0.4) is 0 Å². The van der Waals surface area contributed by atoms with Crippen LogP contribution < -0.4 is 9.46 Å². The molecule has 1 saturated carbocycles. The summed E-state index contributed by atoms with van der Waals surface area (Å²) in [6, 6.07) is 14.0. The fourth-order valence-electron chi connectivity index (χ4n) is 4.06. The molecule has 1 N–H and O–H groups in total. The maximum Gasteiger partial charge on any atom is 0.264 e. The van der Waals surface area contributed by atoms with E-state index in [9.17, 15) is 13.2 Å². The highest BCUT2D eigenvalue weighted by Gasteiger charge is 2.54. The van der Waals surface area contributed by atoms with Gasteiger partial charge in [-0.05, 0) is 57.0 Å². The van der Waals surface area contributed by atoms with Gasteiger partial charge in [-0.1, -0.05) is 23.8 Å². The number of carbonyl (C=O) groups is 1. The number of hydrogen-bond acceptors (Lipinski definition) is 6. The normalized spacial score (nSPS) is 17.6. The second-order valence-electron chi connectivity index (χ2n) is 8.57. The number of rotatable bonds is 6. The molecule has 2 aromatic carbocycles. The Labute approximate surface area is 186 Å². The fourth-order valence-corrected chi connectivity index (χ4v) is 5.33. The number of nitrogens with zero attached hydrogens (tertiary/aromatic N) is 1. The van der Waals surface area contributed by atoms with Gasteiger partial charge in [-0.15, -0.1) is 0 Å². The molecule has 32 heavy (non-hydrogen) atoms. The van der Waals surface area contributed by atoms with Gasteiger partial charge < -0.3 is 9.47 Å². The van der Waals surface area contributed by atoms with E-state index < -0.39 is 21.3 Å². The van der Waals surface area contributed by atoms with Crippen molar-refractivity contribution in [1.29, 1.82) is 0 Å². The predicted octanol–water partition coefficient (Wildman–Crippen LogP) is 3.17. The highest BCUT2D eigenvalue weighted by atomic mass is 32.2. The van der Waals surface area contributed by atoms with E-state index in [1.165, 1.54) is 6.07 Å². The standard InChI is InChI=1S/C24H24N2O5S/c1-15-6-9-21(31-17-13-30-14-17)19(12-15)24(10-11-24)23(27)26-32(28,29)22-5-3-4-20-18(22)8-7-16(2)25-20/h3-9,12,17H,10-11,13-14H2,1-2H3,(H,26,27). The summed E-state index contributed by atoms with van der Waals surface area (Å²) in [6.45, 7) is 4.80. The van der Waals surface area contributed by atoms with E-state index in [4.69, 9.17) is 9.47 Å². The third kappa shape index (κ3) is 3.63. The molecule has 166 valence electrons. The zero-order valence-corrected chi connectivity index (χ0v) is 18.7. The van der Waals surface area contributed by atoms with Crippen LogP contribution in [0, 0.1) is 13.8 Å². The van der Waals surface area contributed by atoms with Crippen molar-refractivity contribution in [3.63, 3.8) is 0 Å². The van der Waals surface area contributed by atoms with Gasteiger partial charge in [0.2, 0.25) is 5.91 Å². The molecule has 0 atom stereocenters. The van der Waals surface area contributed by atoms with Crippen LogP contribution in [-0.2, 0) is 25.0 Å². The summed E-state index contributed by atoms with van der Waals surface area (Å²) in [7, 11) is -4.09. The third-order valence-corrected chi connectivity index (χ3v) is 7.47. The van der Waals surface area contributed by atoms with Gasteiger partial charge in [0.15, 0.2) is 0 Å². The number of aryl methyl sites for hydroxylation is 2. The van der Waals surface area contributed by atoms with E-state index >= 15 is 0 Å². The van der Waals surface area contributed by atoms with Crippen LogP contribution in [0.4, 0.5) is 0 Å². The van der Waals surface area contributed by atoms with Gasteiger partial charge in [0, 0.05) is 16.6 Å². The Morgan fingerprint density at radius 3 is 2.59 bits per heavy atom. The lowest BCUT2D eigenvalue weighted by Crippen LogP contribution is -2.41. The second-order valence-corrected chi connectivity index (χ2v) is 10.2. The van der Waals surface area contributed by atoms with Crippen molar-refractivity contribution in [3.05, 3.63) is 65.4 Å². The van der Waals surface area contributed by atoms with Gasteiger partial charge in [-0.2, -0.15) is 0 Å². The molecule has 1 aromatic heterocycles. The number of sulfonamides is 1. The number of ether oxygens (including phenoxy) is 2. The molecule has 2 heterocycles. The van der Waals surface area contributed by atoms with E-state index in [0.717, 1.165) is 16.8 Å². The summed E-state index contributed by atoms with van der Waals surface area (Å²) in [5, 5.41) is 0.479. The number of aromatic nitrogens is 1. The number of fused-ring (bicyclic) bond motifs is 1. The molecular weight excluding hydrogens is 428 g/mol. The first-order chi connectivity index (χ1) is 15.3. The molecule has 1 amide bonds. The average molecular weight is 453 g/mol. The highest BCUT2D eigenvalue weighted by Crippen LogP contribution is 2.52. The molecule has 8 heteroatoms.